The van der Waals surface area contributed by atoms with E-state index >= 15 is 0 Å². The quantitative estimate of drug-likeness (QED) is 0.356. The average molecular weight is 334 g/mol. The Labute approximate surface area is 143 Å². The van der Waals surface area contributed by atoms with E-state index in [-0.39, 0.29) is 0 Å². The molecule has 2 aromatic carbocycles. The summed E-state index contributed by atoms with van der Waals surface area (Å²) in [6.45, 7) is 0. The fourth-order valence-electron chi connectivity index (χ4n) is 2.42. The van der Waals surface area contributed by atoms with E-state index in [1.54, 1.807) is 29.4 Å². The monoisotopic (exact) mass is 334 g/mol. The number of fused-ring (bicyclic) bond motifs is 1. The molecule has 0 aliphatic heterocycles. The number of thiophene rings is 1. The third kappa shape index (κ3) is 3.14. The zero-order chi connectivity index (χ0) is 15.5. The molecule has 23 heavy (non-hydrogen) atoms. The summed E-state index contributed by atoms with van der Waals surface area (Å²) in [7, 11) is 0. The van der Waals surface area contributed by atoms with Gasteiger partial charge in [0.05, 0.1) is 0 Å². The van der Waals surface area contributed by atoms with Crippen molar-refractivity contribution in [3.63, 3.8) is 0 Å². The molecule has 4 heteroatoms. The van der Waals surface area contributed by atoms with Crippen LogP contribution in [0.2, 0.25) is 0 Å². The van der Waals surface area contributed by atoms with E-state index < -0.39 is 0 Å². The lowest BCUT2D eigenvalue weighted by Gasteiger charge is -2.02. The average Bonchev–Trinajstić information content (AvgIpc) is 3.06. The summed E-state index contributed by atoms with van der Waals surface area (Å²) in [5.74, 6) is 0.920. The first kappa shape index (κ1) is 14.4. The molecule has 0 saturated heterocycles. The topological polar surface area (TPSA) is 25.8 Å². The minimum atomic E-state index is 0.920. The highest BCUT2D eigenvalue weighted by Crippen LogP contribution is 2.36. The number of hydrogen-bond donors (Lipinski definition) is 0. The van der Waals surface area contributed by atoms with Crippen LogP contribution in [0.4, 0.5) is 0 Å². The van der Waals surface area contributed by atoms with Gasteiger partial charge in [-0.3, -0.25) is 0 Å². The molecule has 0 bridgehead atoms. The molecule has 0 amide bonds. The zero-order valence-electron chi connectivity index (χ0n) is 12.3. The lowest BCUT2D eigenvalue weighted by Crippen LogP contribution is -1.85. The van der Waals surface area contributed by atoms with Crippen LogP contribution >= 0.6 is 23.1 Å². The number of rotatable bonds is 4. The molecule has 2 nitrogen and oxygen atoms in total. The second-order valence-corrected chi connectivity index (χ2v) is 7.14. The van der Waals surface area contributed by atoms with Crippen LogP contribution in [0.25, 0.3) is 20.7 Å². The number of aromatic nitrogens is 2. The normalized spacial score (nSPS) is 11.0. The Morgan fingerprint density at radius 2 is 1.61 bits per heavy atom. The maximum absolute atomic E-state index is 4.49. The van der Waals surface area contributed by atoms with Crippen LogP contribution in [0.15, 0.2) is 78.1 Å². The van der Waals surface area contributed by atoms with Gasteiger partial charge in [0.15, 0.2) is 0 Å². The SMILES string of the molecule is c1ccc(CSc2ncnc3sc(-c4ccccc4)cc23)cc1. The van der Waals surface area contributed by atoms with Crippen molar-refractivity contribution in [2.75, 3.05) is 0 Å². The second kappa shape index (κ2) is 6.52. The Morgan fingerprint density at radius 3 is 2.39 bits per heavy atom. The van der Waals surface area contributed by atoms with Gasteiger partial charge in [-0.15, -0.1) is 23.1 Å². The van der Waals surface area contributed by atoms with Gasteiger partial charge in [0.1, 0.15) is 16.2 Å². The van der Waals surface area contributed by atoms with E-state index in [1.807, 2.05) is 12.1 Å². The van der Waals surface area contributed by atoms with Gasteiger partial charge in [0.2, 0.25) is 0 Å². The number of hydrogen-bond acceptors (Lipinski definition) is 4. The standard InChI is InChI=1S/C19H14N2S2/c1-3-7-14(8-4-1)12-22-18-16-11-17(15-9-5-2-6-10-15)23-19(16)21-13-20-18/h1-11,13H,12H2. The maximum Gasteiger partial charge on any atom is 0.128 e. The Balaban J connectivity index is 1.66. The van der Waals surface area contributed by atoms with Crippen LogP contribution < -0.4 is 0 Å². The van der Waals surface area contributed by atoms with Crippen LogP contribution in [-0.4, -0.2) is 9.97 Å². The van der Waals surface area contributed by atoms with E-state index in [9.17, 15) is 0 Å². The molecule has 0 N–H and O–H groups in total. The van der Waals surface area contributed by atoms with Crippen molar-refractivity contribution < 1.29 is 0 Å². The molecular formula is C19H14N2S2. The number of nitrogens with zero attached hydrogens (tertiary/aromatic N) is 2. The molecule has 4 aromatic rings. The Morgan fingerprint density at radius 1 is 0.870 bits per heavy atom. The molecule has 0 aliphatic carbocycles. The first-order valence-electron chi connectivity index (χ1n) is 7.37. The molecule has 0 atom stereocenters. The zero-order valence-corrected chi connectivity index (χ0v) is 14.0. The molecule has 112 valence electrons. The molecule has 4 rings (SSSR count). The van der Waals surface area contributed by atoms with Gasteiger partial charge < -0.3 is 0 Å². The van der Waals surface area contributed by atoms with Crippen molar-refractivity contribution in [3.05, 3.63) is 78.6 Å². The van der Waals surface area contributed by atoms with Gasteiger partial charge in [-0.05, 0) is 17.2 Å². The van der Waals surface area contributed by atoms with Gasteiger partial charge >= 0.3 is 0 Å². The van der Waals surface area contributed by atoms with Crippen LogP contribution in [0, 0.1) is 0 Å². The molecule has 0 fully saturated rings. The third-order valence-corrected chi connectivity index (χ3v) is 5.74. The predicted octanol–water partition coefficient (Wildman–Crippen LogP) is 5.65. The van der Waals surface area contributed by atoms with Crippen molar-refractivity contribution >= 4 is 33.3 Å². The number of thioether (sulfide) groups is 1. The van der Waals surface area contributed by atoms with E-state index in [4.69, 9.17) is 0 Å². The first-order valence-corrected chi connectivity index (χ1v) is 9.17. The highest BCUT2D eigenvalue weighted by atomic mass is 32.2. The Hall–Kier alpha value is -2.17. The van der Waals surface area contributed by atoms with Gasteiger partial charge in [0, 0.05) is 16.0 Å². The largest absolute Gasteiger partial charge is 0.229 e. The highest BCUT2D eigenvalue weighted by molar-refractivity contribution is 7.98. The molecule has 0 saturated carbocycles. The molecular weight excluding hydrogens is 320 g/mol. The summed E-state index contributed by atoms with van der Waals surface area (Å²) >= 11 is 3.49. The number of benzene rings is 2. The van der Waals surface area contributed by atoms with Gasteiger partial charge in [-0.25, -0.2) is 9.97 Å². The highest BCUT2D eigenvalue weighted by Gasteiger charge is 2.10. The summed E-state index contributed by atoms with van der Waals surface area (Å²) < 4.78 is 0. The summed E-state index contributed by atoms with van der Waals surface area (Å²) in [6, 6.07) is 23.1. The smallest absolute Gasteiger partial charge is 0.128 e. The predicted molar refractivity (Wildman–Crippen MR) is 98.9 cm³/mol. The summed E-state index contributed by atoms with van der Waals surface area (Å²) in [6.07, 6.45) is 1.67. The molecule has 2 aromatic heterocycles. The lowest BCUT2D eigenvalue weighted by molar-refractivity contribution is 1.11. The third-order valence-electron chi connectivity index (χ3n) is 3.57. The minimum absolute atomic E-state index is 0.920. The second-order valence-electron chi connectivity index (χ2n) is 5.15. The molecule has 2 heterocycles. The van der Waals surface area contributed by atoms with Crippen LogP contribution in [0.3, 0.4) is 0 Å². The Kier molecular flexibility index (Phi) is 4.09. The molecule has 0 spiro atoms. The lowest BCUT2D eigenvalue weighted by atomic mass is 10.2. The van der Waals surface area contributed by atoms with Crippen molar-refractivity contribution in [3.8, 4) is 10.4 Å². The van der Waals surface area contributed by atoms with Gasteiger partial charge in [-0.2, -0.15) is 0 Å². The van der Waals surface area contributed by atoms with Crippen LogP contribution in [0.1, 0.15) is 5.56 Å². The maximum atomic E-state index is 4.49. The Bertz CT molecular complexity index is 918. The summed E-state index contributed by atoms with van der Waals surface area (Å²) in [5.41, 5.74) is 2.54. The van der Waals surface area contributed by atoms with Crippen LogP contribution in [-0.2, 0) is 5.75 Å². The van der Waals surface area contributed by atoms with E-state index in [0.29, 0.717) is 0 Å². The van der Waals surface area contributed by atoms with Gasteiger partial charge in [0.25, 0.3) is 0 Å². The van der Waals surface area contributed by atoms with Crippen molar-refractivity contribution in [1.29, 1.82) is 0 Å². The van der Waals surface area contributed by atoms with E-state index in [1.165, 1.54) is 16.0 Å². The molecule has 0 unspecified atom stereocenters. The van der Waals surface area contributed by atoms with Gasteiger partial charge in [-0.1, -0.05) is 60.7 Å². The summed E-state index contributed by atoms with van der Waals surface area (Å²) in [5, 5.41) is 2.20. The first-order chi connectivity index (χ1) is 11.4. The molecule has 0 aliphatic rings. The van der Waals surface area contributed by atoms with Crippen molar-refractivity contribution in [1.82, 2.24) is 9.97 Å². The fourth-order valence-corrected chi connectivity index (χ4v) is 4.42. The molecule has 0 radical (unpaired) electrons. The summed E-state index contributed by atoms with van der Waals surface area (Å²) in [4.78, 5) is 11.2. The van der Waals surface area contributed by atoms with Crippen molar-refractivity contribution in [2.24, 2.45) is 0 Å². The van der Waals surface area contributed by atoms with E-state index in [0.717, 1.165) is 21.0 Å². The van der Waals surface area contributed by atoms with Crippen LogP contribution in [0.5, 0.6) is 0 Å². The van der Waals surface area contributed by atoms with E-state index in [2.05, 4.69) is 64.6 Å². The van der Waals surface area contributed by atoms with Crippen molar-refractivity contribution in [2.45, 2.75) is 10.8 Å². The fraction of sp³-hybridized carbons (Fsp3) is 0.0526. The minimum Gasteiger partial charge on any atom is -0.229 e.